The van der Waals surface area contributed by atoms with E-state index in [1.807, 2.05) is 0 Å². The first-order valence-corrected chi connectivity index (χ1v) is 11.1. The number of benzene rings is 2. The molecule has 4 rings (SSSR count). The third kappa shape index (κ3) is 6.14. The van der Waals surface area contributed by atoms with Gasteiger partial charge >= 0.3 is 0 Å². The van der Waals surface area contributed by atoms with Gasteiger partial charge in [0.2, 0.25) is 11.8 Å². The highest BCUT2D eigenvalue weighted by Gasteiger charge is 2.23. The molecule has 1 unspecified atom stereocenters. The van der Waals surface area contributed by atoms with E-state index in [-0.39, 0.29) is 23.4 Å². The van der Waals surface area contributed by atoms with Crippen molar-refractivity contribution in [3.63, 3.8) is 0 Å². The monoisotopic (exact) mass is 476 g/mol. The molecule has 1 aliphatic heterocycles. The minimum atomic E-state index is -0.686. The molecule has 0 radical (unpaired) electrons. The molecule has 3 N–H and O–H groups in total. The minimum absolute atomic E-state index is 0.00702. The Morgan fingerprint density at radius 1 is 1.11 bits per heavy atom. The first-order chi connectivity index (χ1) is 16.9. The lowest BCUT2D eigenvalue weighted by Crippen LogP contribution is -2.44. The zero-order valence-electron chi connectivity index (χ0n) is 18.9. The van der Waals surface area contributed by atoms with Crippen LogP contribution in [0, 0.1) is 5.82 Å². The van der Waals surface area contributed by atoms with Crippen molar-refractivity contribution in [3.8, 4) is 23.1 Å². The zero-order chi connectivity index (χ0) is 24.8. The highest BCUT2D eigenvalue weighted by molar-refractivity contribution is 5.96. The van der Waals surface area contributed by atoms with Crippen LogP contribution in [0.5, 0.6) is 23.1 Å². The molecule has 1 aliphatic rings. The summed E-state index contributed by atoms with van der Waals surface area (Å²) in [4.78, 5) is 30.0. The molecule has 0 spiro atoms. The summed E-state index contributed by atoms with van der Waals surface area (Å²) in [5, 5.41) is 3.31. The lowest BCUT2D eigenvalue weighted by Gasteiger charge is -2.33. The van der Waals surface area contributed by atoms with E-state index in [2.05, 4.69) is 16.9 Å². The van der Waals surface area contributed by atoms with Crippen molar-refractivity contribution in [3.05, 3.63) is 84.8 Å². The van der Waals surface area contributed by atoms with Gasteiger partial charge in [0.1, 0.15) is 28.6 Å². The van der Waals surface area contributed by atoms with E-state index in [0.717, 1.165) is 12.8 Å². The summed E-state index contributed by atoms with van der Waals surface area (Å²) in [6.45, 7) is 4.75. The lowest BCUT2D eigenvalue weighted by molar-refractivity contribution is -0.127. The molecule has 1 saturated heterocycles. The maximum Gasteiger partial charge on any atom is 0.254 e. The normalized spacial score (nSPS) is 15.2. The number of primary amides is 1. The Bertz CT molecular complexity index is 1230. The predicted octanol–water partition coefficient (Wildman–Crippen LogP) is 4.49. The smallest absolute Gasteiger partial charge is 0.254 e. The average Bonchev–Trinajstić information content (AvgIpc) is 2.85. The van der Waals surface area contributed by atoms with Gasteiger partial charge in [-0.05, 0) is 61.4 Å². The van der Waals surface area contributed by atoms with Crippen molar-refractivity contribution in [2.45, 2.75) is 18.9 Å². The van der Waals surface area contributed by atoms with Gasteiger partial charge in [-0.25, -0.2) is 9.37 Å². The number of nitrogens with one attached hydrogen (secondary N) is 1. The molecule has 0 aliphatic carbocycles. The summed E-state index contributed by atoms with van der Waals surface area (Å²) in [5.74, 6) is 0.151. The number of pyridine rings is 1. The zero-order valence-corrected chi connectivity index (χ0v) is 18.9. The predicted molar refractivity (Wildman–Crippen MR) is 129 cm³/mol. The molecule has 1 aromatic heterocycles. The maximum absolute atomic E-state index is 13.3. The fraction of sp³-hybridized carbons (Fsp3) is 0.192. The van der Waals surface area contributed by atoms with Crippen LogP contribution in [0.4, 0.5) is 10.1 Å². The SMILES string of the molecule is C=CC(=O)N1CCCC(Nc2cnc(Oc3ccc(Oc4cccc(F)c4)cc3)c(C(N)=O)c2)C1. The van der Waals surface area contributed by atoms with E-state index >= 15 is 0 Å². The van der Waals surface area contributed by atoms with Crippen LogP contribution in [0.25, 0.3) is 0 Å². The number of nitrogens with two attached hydrogens (primary N) is 1. The molecule has 9 heteroatoms. The number of hydrogen-bond acceptors (Lipinski definition) is 6. The van der Waals surface area contributed by atoms with Gasteiger partial charge in [0.15, 0.2) is 0 Å². The van der Waals surface area contributed by atoms with Crippen LogP contribution in [-0.4, -0.2) is 40.8 Å². The summed E-state index contributed by atoms with van der Waals surface area (Å²) in [6.07, 6.45) is 4.58. The molecule has 3 aromatic rings. The van der Waals surface area contributed by atoms with Crippen molar-refractivity contribution in [1.82, 2.24) is 9.88 Å². The molecule has 0 bridgehead atoms. The van der Waals surface area contributed by atoms with Crippen LogP contribution in [0.2, 0.25) is 0 Å². The van der Waals surface area contributed by atoms with Gasteiger partial charge in [0, 0.05) is 25.2 Å². The highest BCUT2D eigenvalue weighted by Crippen LogP contribution is 2.29. The first kappa shape index (κ1) is 23.7. The Balaban J connectivity index is 1.44. The number of hydrogen-bond donors (Lipinski definition) is 2. The van der Waals surface area contributed by atoms with Gasteiger partial charge in [-0.3, -0.25) is 9.59 Å². The summed E-state index contributed by atoms with van der Waals surface area (Å²) < 4.78 is 24.7. The van der Waals surface area contributed by atoms with Crippen molar-refractivity contribution >= 4 is 17.5 Å². The van der Waals surface area contributed by atoms with E-state index in [1.165, 1.54) is 18.2 Å². The first-order valence-electron chi connectivity index (χ1n) is 11.1. The van der Waals surface area contributed by atoms with Crippen LogP contribution in [0.15, 0.2) is 73.4 Å². The fourth-order valence-electron chi connectivity index (χ4n) is 3.80. The summed E-state index contributed by atoms with van der Waals surface area (Å²) in [7, 11) is 0. The molecule has 1 atom stereocenters. The molecule has 2 heterocycles. The summed E-state index contributed by atoms with van der Waals surface area (Å²) >= 11 is 0. The largest absolute Gasteiger partial charge is 0.457 e. The standard InChI is InChI=1S/C26H25FN4O4/c1-2-24(32)31-12-4-6-18(16-31)30-19-14-23(25(28)33)26(29-15-19)35-21-10-8-20(9-11-21)34-22-7-3-5-17(27)13-22/h2-3,5,7-11,13-15,18,30H,1,4,6,12,16H2,(H2,28,33). The van der Waals surface area contributed by atoms with Crippen LogP contribution in [0.3, 0.4) is 0 Å². The second-order valence-corrected chi connectivity index (χ2v) is 8.05. The molecule has 1 fully saturated rings. The number of carbonyl (C=O) groups excluding carboxylic acids is 2. The van der Waals surface area contributed by atoms with Crippen LogP contribution < -0.4 is 20.5 Å². The highest BCUT2D eigenvalue weighted by atomic mass is 19.1. The molecule has 8 nitrogen and oxygen atoms in total. The van der Waals surface area contributed by atoms with Crippen molar-refractivity contribution in [1.29, 1.82) is 0 Å². The van der Waals surface area contributed by atoms with Gasteiger partial charge in [-0.2, -0.15) is 0 Å². The number of likely N-dealkylation sites (tertiary alicyclic amines) is 1. The van der Waals surface area contributed by atoms with Gasteiger partial charge in [0.05, 0.1) is 11.9 Å². The molecular weight excluding hydrogens is 451 g/mol. The Morgan fingerprint density at radius 2 is 1.86 bits per heavy atom. The number of nitrogens with zero attached hydrogens (tertiary/aromatic N) is 2. The van der Waals surface area contributed by atoms with Gasteiger partial charge in [-0.1, -0.05) is 12.6 Å². The summed E-state index contributed by atoms with van der Waals surface area (Å²) in [6, 6.07) is 14.0. The third-order valence-corrected chi connectivity index (χ3v) is 5.47. The molecular formula is C26H25FN4O4. The third-order valence-electron chi connectivity index (χ3n) is 5.47. The van der Waals surface area contributed by atoms with Crippen LogP contribution in [0.1, 0.15) is 23.2 Å². The van der Waals surface area contributed by atoms with E-state index in [0.29, 0.717) is 36.0 Å². The second kappa shape index (κ2) is 10.7. The maximum atomic E-state index is 13.3. The van der Waals surface area contributed by atoms with E-state index in [9.17, 15) is 14.0 Å². The number of rotatable bonds is 8. The number of ether oxygens (including phenoxy) is 2. The number of anilines is 1. The van der Waals surface area contributed by atoms with E-state index in [4.69, 9.17) is 15.2 Å². The number of halogens is 1. The Hall–Kier alpha value is -4.40. The van der Waals surface area contributed by atoms with Crippen molar-refractivity contribution in [2.75, 3.05) is 18.4 Å². The number of amides is 2. The van der Waals surface area contributed by atoms with Gasteiger partial charge in [-0.15, -0.1) is 0 Å². The van der Waals surface area contributed by atoms with Crippen molar-refractivity contribution < 1.29 is 23.5 Å². The minimum Gasteiger partial charge on any atom is -0.457 e. The van der Waals surface area contributed by atoms with Crippen LogP contribution >= 0.6 is 0 Å². The number of carbonyl (C=O) groups is 2. The molecule has 2 aromatic carbocycles. The average molecular weight is 477 g/mol. The van der Waals surface area contributed by atoms with E-state index in [1.54, 1.807) is 53.6 Å². The number of aromatic nitrogens is 1. The molecule has 180 valence electrons. The Labute approximate surface area is 202 Å². The molecule has 2 amide bonds. The topological polar surface area (TPSA) is 107 Å². The van der Waals surface area contributed by atoms with Gasteiger partial charge in [0.25, 0.3) is 5.91 Å². The fourth-order valence-corrected chi connectivity index (χ4v) is 3.80. The van der Waals surface area contributed by atoms with Crippen LogP contribution in [-0.2, 0) is 4.79 Å². The van der Waals surface area contributed by atoms with E-state index < -0.39 is 11.7 Å². The Kier molecular flexibility index (Phi) is 7.25. The van der Waals surface area contributed by atoms with Crippen molar-refractivity contribution in [2.24, 2.45) is 5.73 Å². The molecule has 35 heavy (non-hydrogen) atoms. The number of piperidine rings is 1. The molecule has 0 saturated carbocycles. The summed E-state index contributed by atoms with van der Waals surface area (Å²) in [5.41, 5.74) is 6.29. The second-order valence-electron chi connectivity index (χ2n) is 8.05. The van der Waals surface area contributed by atoms with Gasteiger partial charge < -0.3 is 25.4 Å². The lowest BCUT2D eigenvalue weighted by atomic mass is 10.1. The Morgan fingerprint density at radius 3 is 2.54 bits per heavy atom. The quantitative estimate of drug-likeness (QED) is 0.464.